The molecule has 3 N–H and O–H groups in total. The number of amides is 2. The van der Waals surface area contributed by atoms with Gasteiger partial charge in [-0.15, -0.1) is 0 Å². The van der Waals surface area contributed by atoms with Crippen LogP contribution in [0.15, 0.2) is 24.3 Å². The molecule has 120 valence electrons. The highest BCUT2D eigenvalue weighted by molar-refractivity contribution is 5.87. The minimum atomic E-state index is -0.460. The van der Waals surface area contributed by atoms with Gasteiger partial charge in [0, 0.05) is 25.2 Å². The molecule has 1 aromatic carbocycles. The van der Waals surface area contributed by atoms with Crippen molar-refractivity contribution in [2.45, 2.75) is 45.1 Å². The second-order valence-electron chi connectivity index (χ2n) is 5.87. The Bertz CT molecular complexity index is 524. The van der Waals surface area contributed by atoms with E-state index in [0.717, 1.165) is 31.5 Å². The first kappa shape index (κ1) is 16.3. The molecule has 0 spiro atoms. The van der Waals surface area contributed by atoms with Gasteiger partial charge in [0.1, 0.15) is 6.04 Å². The molecule has 22 heavy (non-hydrogen) atoms. The summed E-state index contributed by atoms with van der Waals surface area (Å²) in [6, 6.07) is 7.07. The van der Waals surface area contributed by atoms with Gasteiger partial charge in [-0.2, -0.15) is 0 Å². The van der Waals surface area contributed by atoms with Gasteiger partial charge in [-0.1, -0.05) is 18.2 Å². The van der Waals surface area contributed by atoms with Crippen molar-refractivity contribution in [1.82, 2.24) is 10.2 Å². The summed E-state index contributed by atoms with van der Waals surface area (Å²) in [4.78, 5) is 26.1. The number of nitrogens with one attached hydrogen (secondary N) is 1. The maximum absolute atomic E-state index is 12.3. The third-order valence-electron chi connectivity index (χ3n) is 4.09. The van der Waals surface area contributed by atoms with Crippen molar-refractivity contribution in [1.29, 1.82) is 0 Å². The van der Waals surface area contributed by atoms with E-state index in [9.17, 15) is 9.59 Å². The molecule has 5 heteroatoms. The average Bonchev–Trinajstić information content (AvgIpc) is 2.54. The topological polar surface area (TPSA) is 75.4 Å². The van der Waals surface area contributed by atoms with Crippen LogP contribution in [0, 0.1) is 0 Å². The van der Waals surface area contributed by atoms with Gasteiger partial charge in [-0.25, -0.2) is 0 Å². The molecule has 1 heterocycles. The van der Waals surface area contributed by atoms with Gasteiger partial charge in [-0.05, 0) is 44.2 Å². The highest BCUT2D eigenvalue weighted by Gasteiger charge is 2.23. The predicted octanol–water partition coefficient (Wildman–Crippen LogP) is 1.72. The summed E-state index contributed by atoms with van der Waals surface area (Å²) in [6.07, 6.45) is 4.22. The first-order chi connectivity index (χ1) is 10.6. The number of para-hydroxylation sites is 1. The van der Waals surface area contributed by atoms with Crippen molar-refractivity contribution in [3.05, 3.63) is 29.8 Å². The molecule has 1 unspecified atom stereocenters. The number of hydrogen-bond acceptors (Lipinski definition) is 3. The third-order valence-corrected chi connectivity index (χ3v) is 4.09. The highest BCUT2D eigenvalue weighted by atomic mass is 16.2. The molecule has 0 aliphatic carbocycles. The van der Waals surface area contributed by atoms with Crippen molar-refractivity contribution in [2.24, 2.45) is 0 Å². The number of likely N-dealkylation sites (tertiary alicyclic amines) is 1. The summed E-state index contributed by atoms with van der Waals surface area (Å²) < 4.78 is 0. The molecule has 1 fully saturated rings. The largest absolute Gasteiger partial charge is 0.399 e. The van der Waals surface area contributed by atoms with Crippen molar-refractivity contribution < 1.29 is 9.59 Å². The molecule has 0 radical (unpaired) electrons. The lowest BCUT2D eigenvalue weighted by Crippen LogP contribution is -2.48. The van der Waals surface area contributed by atoms with E-state index in [1.165, 1.54) is 6.42 Å². The quantitative estimate of drug-likeness (QED) is 0.813. The van der Waals surface area contributed by atoms with E-state index in [1.54, 1.807) is 6.92 Å². The zero-order valence-corrected chi connectivity index (χ0v) is 13.2. The van der Waals surface area contributed by atoms with Gasteiger partial charge in [0.2, 0.25) is 11.8 Å². The summed E-state index contributed by atoms with van der Waals surface area (Å²) in [5.41, 5.74) is 7.53. The number of anilines is 1. The van der Waals surface area contributed by atoms with Crippen LogP contribution < -0.4 is 11.1 Å². The van der Waals surface area contributed by atoms with E-state index in [2.05, 4.69) is 5.32 Å². The van der Waals surface area contributed by atoms with Crippen molar-refractivity contribution >= 4 is 17.5 Å². The van der Waals surface area contributed by atoms with E-state index < -0.39 is 6.04 Å². The van der Waals surface area contributed by atoms with Crippen LogP contribution in [0.4, 0.5) is 5.69 Å². The fraction of sp³-hybridized carbons (Fsp3) is 0.529. The van der Waals surface area contributed by atoms with Gasteiger partial charge in [-0.3, -0.25) is 9.59 Å². The smallest absolute Gasteiger partial charge is 0.244 e. The number of rotatable bonds is 5. The lowest BCUT2D eigenvalue weighted by atomic mass is 10.1. The minimum absolute atomic E-state index is 0.0206. The SMILES string of the molecule is CC(NC(=O)CCc1ccccc1N)C(=O)N1CCCCC1. The molecule has 5 nitrogen and oxygen atoms in total. The second-order valence-corrected chi connectivity index (χ2v) is 5.87. The van der Waals surface area contributed by atoms with Crippen LogP contribution in [-0.2, 0) is 16.0 Å². The van der Waals surface area contributed by atoms with Crippen LogP contribution in [-0.4, -0.2) is 35.8 Å². The van der Waals surface area contributed by atoms with Crippen LogP contribution in [0.2, 0.25) is 0 Å². The van der Waals surface area contributed by atoms with Crippen LogP contribution in [0.25, 0.3) is 0 Å². The number of benzene rings is 1. The Morgan fingerprint density at radius 3 is 2.59 bits per heavy atom. The summed E-state index contributed by atoms with van der Waals surface area (Å²) in [6.45, 7) is 3.37. The number of piperidine rings is 1. The number of hydrogen-bond donors (Lipinski definition) is 2. The molecule has 0 aromatic heterocycles. The number of aryl methyl sites for hydroxylation is 1. The predicted molar refractivity (Wildman–Crippen MR) is 87.2 cm³/mol. The monoisotopic (exact) mass is 303 g/mol. The number of nitrogen functional groups attached to an aromatic ring is 1. The molecule has 2 rings (SSSR count). The van der Waals surface area contributed by atoms with Crippen molar-refractivity contribution in [2.75, 3.05) is 18.8 Å². The van der Waals surface area contributed by atoms with Gasteiger partial charge in [0.15, 0.2) is 0 Å². The molecule has 0 saturated carbocycles. The van der Waals surface area contributed by atoms with E-state index >= 15 is 0 Å². The molecule has 1 saturated heterocycles. The molecule has 1 aliphatic heterocycles. The van der Waals surface area contributed by atoms with E-state index in [4.69, 9.17) is 5.73 Å². The van der Waals surface area contributed by atoms with Crippen LogP contribution in [0.1, 0.15) is 38.2 Å². The fourth-order valence-corrected chi connectivity index (χ4v) is 2.77. The lowest BCUT2D eigenvalue weighted by Gasteiger charge is -2.29. The Labute approximate surface area is 131 Å². The summed E-state index contributed by atoms with van der Waals surface area (Å²) in [5, 5.41) is 2.80. The second kappa shape index (κ2) is 7.82. The number of nitrogens with zero attached hydrogens (tertiary/aromatic N) is 1. The lowest BCUT2D eigenvalue weighted by molar-refractivity contribution is -0.136. The summed E-state index contributed by atoms with van der Waals surface area (Å²) >= 11 is 0. The maximum Gasteiger partial charge on any atom is 0.244 e. The fourth-order valence-electron chi connectivity index (χ4n) is 2.77. The van der Waals surface area contributed by atoms with Crippen molar-refractivity contribution in [3.63, 3.8) is 0 Å². The molecule has 1 atom stereocenters. The summed E-state index contributed by atoms with van der Waals surface area (Å²) in [5.74, 6) is -0.0895. The van der Waals surface area contributed by atoms with Crippen LogP contribution in [0.5, 0.6) is 0 Å². The highest BCUT2D eigenvalue weighted by Crippen LogP contribution is 2.13. The third kappa shape index (κ3) is 4.48. The maximum atomic E-state index is 12.3. The Morgan fingerprint density at radius 2 is 1.91 bits per heavy atom. The van der Waals surface area contributed by atoms with Gasteiger partial charge < -0.3 is 16.0 Å². The van der Waals surface area contributed by atoms with Crippen molar-refractivity contribution in [3.8, 4) is 0 Å². The van der Waals surface area contributed by atoms with E-state index in [-0.39, 0.29) is 11.8 Å². The van der Waals surface area contributed by atoms with Gasteiger partial charge in [0.05, 0.1) is 0 Å². The Balaban J connectivity index is 1.78. The number of carbonyl (C=O) groups excluding carboxylic acids is 2. The van der Waals surface area contributed by atoms with Crippen LogP contribution >= 0.6 is 0 Å². The van der Waals surface area contributed by atoms with E-state index in [1.807, 2.05) is 29.2 Å². The zero-order chi connectivity index (χ0) is 15.9. The number of carbonyl (C=O) groups is 2. The first-order valence-corrected chi connectivity index (χ1v) is 7.99. The Kier molecular flexibility index (Phi) is 5.81. The standard InChI is InChI=1S/C17H25N3O2/c1-13(17(22)20-11-5-2-6-12-20)19-16(21)10-9-14-7-3-4-8-15(14)18/h3-4,7-8,13H,2,5-6,9-12,18H2,1H3,(H,19,21). The zero-order valence-electron chi connectivity index (χ0n) is 13.2. The van der Waals surface area contributed by atoms with Gasteiger partial charge >= 0.3 is 0 Å². The average molecular weight is 303 g/mol. The minimum Gasteiger partial charge on any atom is -0.399 e. The normalized spacial score (nSPS) is 16.1. The number of nitrogens with two attached hydrogens (primary N) is 1. The molecule has 1 aromatic rings. The summed E-state index contributed by atoms with van der Waals surface area (Å²) in [7, 11) is 0. The van der Waals surface area contributed by atoms with E-state index in [0.29, 0.717) is 18.5 Å². The Morgan fingerprint density at radius 1 is 1.23 bits per heavy atom. The van der Waals surface area contributed by atoms with Crippen LogP contribution in [0.3, 0.4) is 0 Å². The molecule has 1 aliphatic rings. The Hall–Kier alpha value is -2.04. The molecular weight excluding hydrogens is 278 g/mol. The van der Waals surface area contributed by atoms with Gasteiger partial charge in [0.25, 0.3) is 0 Å². The first-order valence-electron chi connectivity index (χ1n) is 7.99. The molecule has 2 amide bonds. The molecular formula is C17H25N3O2. The molecule has 0 bridgehead atoms.